The molecule has 0 fully saturated rings. The minimum atomic E-state index is -1.18. The van der Waals surface area contributed by atoms with Crippen molar-refractivity contribution in [2.45, 2.75) is 6.10 Å². The summed E-state index contributed by atoms with van der Waals surface area (Å²) in [5.74, 6) is 0.118. The Morgan fingerprint density at radius 2 is 1.77 bits per heavy atom. The summed E-state index contributed by atoms with van der Waals surface area (Å²) in [5.41, 5.74) is 0.467. The molecule has 3 rings (SSSR count). The highest BCUT2D eigenvalue weighted by Crippen LogP contribution is 2.34. The second-order valence-corrected chi connectivity index (χ2v) is 4.87. The van der Waals surface area contributed by atoms with Crippen LogP contribution < -0.4 is 5.43 Å². The summed E-state index contributed by atoms with van der Waals surface area (Å²) < 4.78 is 5.80. The first-order valence-electron chi connectivity index (χ1n) is 6.78. The lowest BCUT2D eigenvalue weighted by molar-refractivity contribution is 0.226. The fraction of sp³-hybridized carbons (Fsp3) is 0.0556. The van der Waals surface area contributed by atoms with Gasteiger partial charge >= 0.3 is 0 Å². The fourth-order valence-electron chi connectivity index (χ4n) is 2.41. The van der Waals surface area contributed by atoms with Gasteiger partial charge in [0.2, 0.25) is 0 Å². The second kappa shape index (κ2) is 5.50. The summed E-state index contributed by atoms with van der Waals surface area (Å²) in [6, 6.07) is 13.3. The highest BCUT2D eigenvalue weighted by atomic mass is 16.3. The molecule has 0 aliphatic heterocycles. The molecular weight excluding hydrogens is 280 g/mol. The maximum atomic E-state index is 12.7. The van der Waals surface area contributed by atoms with E-state index in [1.165, 1.54) is 12.1 Å². The average molecular weight is 294 g/mol. The van der Waals surface area contributed by atoms with Gasteiger partial charge < -0.3 is 14.6 Å². The highest BCUT2D eigenvalue weighted by Gasteiger charge is 2.22. The van der Waals surface area contributed by atoms with E-state index in [0.29, 0.717) is 16.5 Å². The van der Waals surface area contributed by atoms with Crippen LogP contribution in [0.25, 0.3) is 22.3 Å². The number of aliphatic hydroxyl groups excluding tert-OH is 1. The summed E-state index contributed by atoms with van der Waals surface area (Å²) in [4.78, 5) is 12.7. The molecule has 110 valence electrons. The number of hydrogen-bond acceptors (Lipinski definition) is 4. The molecule has 0 aliphatic carbocycles. The molecule has 4 nitrogen and oxygen atoms in total. The average Bonchev–Trinajstić information content (AvgIpc) is 2.54. The first-order valence-corrected chi connectivity index (χ1v) is 6.78. The van der Waals surface area contributed by atoms with Crippen LogP contribution in [0.5, 0.6) is 5.75 Å². The van der Waals surface area contributed by atoms with Crippen molar-refractivity contribution in [2.75, 3.05) is 0 Å². The molecule has 0 saturated carbocycles. The molecule has 3 aromatic rings. The number of aliphatic hydroxyl groups is 1. The van der Waals surface area contributed by atoms with Crippen LogP contribution in [-0.4, -0.2) is 10.2 Å². The van der Waals surface area contributed by atoms with Gasteiger partial charge in [-0.2, -0.15) is 0 Å². The highest BCUT2D eigenvalue weighted by molar-refractivity contribution is 5.81. The number of rotatable bonds is 3. The summed E-state index contributed by atoms with van der Waals surface area (Å²) in [7, 11) is 0. The lowest BCUT2D eigenvalue weighted by Gasteiger charge is -2.13. The third-order valence-electron chi connectivity index (χ3n) is 3.50. The van der Waals surface area contributed by atoms with Gasteiger partial charge in [-0.15, -0.1) is 6.58 Å². The van der Waals surface area contributed by atoms with E-state index in [0.717, 1.165) is 0 Å². The monoisotopic (exact) mass is 294 g/mol. The molecule has 0 amide bonds. The predicted molar refractivity (Wildman–Crippen MR) is 84.7 cm³/mol. The van der Waals surface area contributed by atoms with E-state index in [-0.39, 0.29) is 22.5 Å². The Labute approximate surface area is 126 Å². The zero-order chi connectivity index (χ0) is 15.7. The van der Waals surface area contributed by atoms with Crippen LogP contribution in [-0.2, 0) is 0 Å². The van der Waals surface area contributed by atoms with Crippen molar-refractivity contribution in [1.82, 2.24) is 0 Å². The molecule has 0 aliphatic rings. The Kier molecular flexibility index (Phi) is 3.53. The van der Waals surface area contributed by atoms with Crippen molar-refractivity contribution < 1.29 is 14.6 Å². The normalized spacial score (nSPS) is 12.2. The van der Waals surface area contributed by atoms with E-state index in [1.807, 2.05) is 0 Å². The molecule has 2 aromatic carbocycles. The Morgan fingerprint density at radius 3 is 2.50 bits per heavy atom. The number of phenols is 1. The van der Waals surface area contributed by atoms with E-state index in [4.69, 9.17) is 4.42 Å². The topological polar surface area (TPSA) is 70.7 Å². The Hall–Kier alpha value is -2.85. The quantitative estimate of drug-likeness (QED) is 0.726. The summed E-state index contributed by atoms with van der Waals surface area (Å²) in [6.07, 6.45) is 0.0697. The van der Waals surface area contributed by atoms with E-state index in [2.05, 4.69) is 6.58 Å². The zero-order valence-electron chi connectivity index (χ0n) is 11.7. The van der Waals surface area contributed by atoms with Gasteiger partial charge in [-0.25, -0.2) is 0 Å². The number of fused-ring (bicyclic) bond motifs is 1. The molecule has 1 atom stereocenters. The molecule has 22 heavy (non-hydrogen) atoms. The molecule has 1 aromatic heterocycles. The number of benzene rings is 2. The third-order valence-corrected chi connectivity index (χ3v) is 3.50. The van der Waals surface area contributed by atoms with Gasteiger partial charge in [0.05, 0.1) is 16.5 Å². The van der Waals surface area contributed by atoms with Crippen molar-refractivity contribution in [3.8, 4) is 17.1 Å². The van der Waals surface area contributed by atoms with Crippen LogP contribution in [0.3, 0.4) is 0 Å². The van der Waals surface area contributed by atoms with Crippen LogP contribution >= 0.6 is 0 Å². The minimum Gasteiger partial charge on any atom is -0.507 e. The van der Waals surface area contributed by atoms with E-state index in [1.54, 1.807) is 42.5 Å². The van der Waals surface area contributed by atoms with Gasteiger partial charge in [0.25, 0.3) is 0 Å². The molecule has 2 N–H and O–H groups in total. The summed E-state index contributed by atoms with van der Waals surface area (Å²) >= 11 is 0. The first kappa shape index (κ1) is 14.1. The van der Waals surface area contributed by atoms with Gasteiger partial charge in [-0.1, -0.05) is 30.3 Å². The SMILES string of the molecule is C=CC(O)c1c(-c2ccccc2O)oc2ccccc2c1=O. The van der Waals surface area contributed by atoms with Crippen LogP contribution in [0, 0.1) is 0 Å². The Bertz CT molecular complexity index is 908. The summed E-state index contributed by atoms with van der Waals surface area (Å²) in [5, 5.41) is 20.6. The van der Waals surface area contributed by atoms with Crippen LogP contribution in [0.2, 0.25) is 0 Å². The maximum absolute atomic E-state index is 12.7. The predicted octanol–water partition coefficient (Wildman–Crippen LogP) is 3.39. The molecule has 0 radical (unpaired) electrons. The zero-order valence-corrected chi connectivity index (χ0v) is 11.7. The number of hydrogen-bond donors (Lipinski definition) is 2. The largest absolute Gasteiger partial charge is 0.507 e. The Morgan fingerprint density at radius 1 is 1.09 bits per heavy atom. The van der Waals surface area contributed by atoms with Gasteiger partial charge in [0.15, 0.2) is 5.43 Å². The lowest BCUT2D eigenvalue weighted by atomic mass is 10.00. The molecular formula is C18H14O4. The van der Waals surface area contributed by atoms with Crippen molar-refractivity contribution in [1.29, 1.82) is 0 Å². The molecule has 0 saturated heterocycles. The summed E-state index contributed by atoms with van der Waals surface area (Å²) in [6.45, 7) is 3.52. The van der Waals surface area contributed by atoms with Crippen LogP contribution in [0.1, 0.15) is 11.7 Å². The van der Waals surface area contributed by atoms with E-state index < -0.39 is 6.10 Å². The number of aromatic hydroxyl groups is 1. The van der Waals surface area contributed by atoms with Gasteiger partial charge in [0, 0.05) is 0 Å². The fourth-order valence-corrected chi connectivity index (χ4v) is 2.41. The molecule has 0 spiro atoms. The number of para-hydroxylation sites is 2. The van der Waals surface area contributed by atoms with Crippen molar-refractivity contribution in [3.05, 3.63) is 77.0 Å². The second-order valence-electron chi connectivity index (χ2n) is 4.87. The third kappa shape index (κ3) is 2.19. The number of phenolic OH excluding ortho intramolecular Hbond substituents is 1. The van der Waals surface area contributed by atoms with Gasteiger partial charge in [-0.3, -0.25) is 4.79 Å². The molecule has 1 unspecified atom stereocenters. The lowest BCUT2D eigenvalue weighted by Crippen LogP contribution is -2.14. The smallest absolute Gasteiger partial charge is 0.199 e. The van der Waals surface area contributed by atoms with Crippen molar-refractivity contribution in [2.24, 2.45) is 0 Å². The van der Waals surface area contributed by atoms with E-state index in [9.17, 15) is 15.0 Å². The maximum Gasteiger partial charge on any atom is 0.199 e. The molecule has 1 heterocycles. The van der Waals surface area contributed by atoms with Gasteiger partial charge in [0.1, 0.15) is 23.2 Å². The standard InChI is InChI=1S/C18H14O4/c1-2-13(19)16-17(21)12-8-4-6-10-15(12)22-18(16)11-7-3-5-9-14(11)20/h2-10,13,19-20H,1H2. The van der Waals surface area contributed by atoms with Crippen molar-refractivity contribution >= 4 is 11.0 Å². The minimum absolute atomic E-state index is 0.0292. The molecule has 0 bridgehead atoms. The van der Waals surface area contributed by atoms with Crippen LogP contribution in [0.4, 0.5) is 0 Å². The van der Waals surface area contributed by atoms with Gasteiger partial charge in [-0.05, 0) is 24.3 Å². The first-order chi connectivity index (χ1) is 10.6. The van der Waals surface area contributed by atoms with E-state index >= 15 is 0 Å². The van der Waals surface area contributed by atoms with Crippen LogP contribution in [0.15, 0.2) is 70.4 Å². The molecule has 4 heteroatoms. The Balaban J connectivity index is 2.45. The van der Waals surface area contributed by atoms with Crippen molar-refractivity contribution in [3.63, 3.8) is 0 Å².